The van der Waals surface area contributed by atoms with E-state index >= 15 is 0 Å². The van der Waals surface area contributed by atoms with Gasteiger partial charge in [-0.25, -0.2) is 15.0 Å². The molecular weight excluding hydrogens is 587 g/mol. The molecule has 0 atom stereocenters. The molecule has 0 N–H and O–H groups in total. The highest BCUT2D eigenvalue weighted by Crippen LogP contribution is 2.36. The summed E-state index contributed by atoms with van der Waals surface area (Å²) in [5, 5.41) is 0. The number of nitrogens with zero attached hydrogens (tertiary/aromatic N) is 5. The topological polar surface area (TPSA) is 64.5 Å². The van der Waals surface area contributed by atoms with Crippen LogP contribution in [0.5, 0.6) is 0 Å². The molecule has 48 heavy (non-hydrogen) atoms. The number of benzene rings is 4. The van der Waals surface area contributed by atoms with Crippen molar-refractivity contribution < 1.29 is 0 Å². The Morgan fingerprint density at radius 3 is 1.62 bits per heavy atom. The van der Waals surface area contributed by atoms with Crippen molar-refractivity contribution in [2.24, 2.45) is 0 Å². The van der Waals surface area contributed by atoms with Crippen molar-refractivity contribution in [3.05, 3.63) is 176 Å². The molecule has 0 spiro atoms. The van der Waals surface area contributed by atoms with Gasteiger partial charge in [0, 0.05) is 29.1 Å². The van der Waals surface area contributed by atoms with Crippen molar-refractivity contribution in [2.75, 3.05) is 0 Å². The molecule has 0 aliphatic carbocycles. The summed E-state index contributed by atoms with van der Waals surface area (Å²) in [5.41, 5.74) is 11.8. The van der Waals surface area contributed by atoms with Gasteiger partial charge in [0.05, 0.1) is 34.2 Å². The van der Waals surface area contributed by atoms with Crippen molar-refractivity contribution in [3.63, 3.8) is 0 Å². The van der Waals surface area contributed by atoms with Crippen LogP contribution in [0.25, 0.3) is 78.9 Å². The lowest BCUT2D eigenvalue weighted by Crippen LogP contribution is -1.99. The maximum Gasteiger partial charge on any atom is 0.160 e. The Bertz CT molecular complexity index is 2270. The molecular formula is C43H29N5. The third-order valence-electron chi connectivity index (χ3n) is 8.21. The summed E-state index contributed by atoms with van der Waals surface area (Å²) in [6, 6.07) is 55.4. The summed E-state index contributed by atoms with van der Waals surface area (Å²) in [6.07, 6.45) is 3.60. The van der Waals surface area contributed by atoms with E-state index in [1.807, 2.05) is 72.8 Å². The van der Waals surface area contributed by atoms with Crippen LogP contribution in [-0.2, 0) is 0 Å². The Morgan fingerprint density at radius 1 is 0.292 bits per heavy atom. The summed E-state index contributed by atoms with van der Waals surface area (Å²) in [6.45, 7) is 0. The lowest BCUT2D eigenvalue weighted by molar-refractivity contribution is 1.17. The molecule has 0 saturated heterocycles. The molecule has 5 nitrogen and oxygen atoms in total. The molecule has 0 bridgehead atoms. The highest BCUT2D eigenvalue weighted by molar-refractivity contribution is 5.84. The van der Waals surface area contributed by atoms with Crippen molar-refractivity contribution in [2.45, 2.75) is 0 Å². The molecule has 0 aliphatic rings. The van der Waals surface area contributed by atoms with Gasteiger partial charge >= 0.3 is 0 Å². The van der Waals surface area contributed by atoms with Gasteiger partial charge in [-0.3, -0.25) is 9.97 Å². The van der Waals surface area contributed by atoms with Gasteiger partial charge in [0.2, 0.25) is 0 Å². The second-order valence-electron chi connectivity index (χ2n) is 11.4. The SMILES string of the molecule is c1ccc(-c2cccc(-c3nc(-c4ccccc4)cc(-c4cccnc4-c4cc(-c5ccccc5)cc(-c5ccccn5)n4)n3)c2)cc1. The molecule has 4 aromatic carbocycles. The third-order valence-corrected chi connectivity index (χ3v) is 8.21. The highest BCUT2D eigenvalue weighted by Gasteiger charge is 2.18. The Balaban J connectivity index is 1.32. The predicted molar refractivity (Wildman–Crippen MR) is 193 cm³/mol. The van der Waals surface area contributed by atoms with Crippen LogP contribution in [0.3, 0.4) is 0 Å². The first-order valence-corrected chi connectivity index (χ1v) is 15.8. The van der Waals surface area contributed by atoms with Crippen LogP contribution in [0.15, 0.2) is 176 Å². The smallest absolute Gasteiger partial charge is 0.160 e. The molecule has 5 heteroatoms. The quantitative estimate of drug-likeness (QED) is 0.178. The van der Waals surface area contributed by atoms with Crippen LogP contribution in [0.2, 0.25) is 0 Å². The number of rotatable bonds is 7. The zero-order chi connectivity index (χ0) is 32.1. The largest absolute Gasteiger partial charge is 0.255 e. The summed E-state index contributed by atoms with van der Waals surface area (Å²) in [7, 11) is 0. The van der Waals surface area contributed by atoms with Crippen molar-refractivity contribution in [3.8, 4) is 78.9 Å². The van der Waals surface area contributed by atoms with Crippen LogP contribution in [0.4, 0.5) is 0 Å². The lowest BCUT2D eigenvalue weighted by Gasteiger charge is -2.14. The van der Waals surface area contributed by atoms with E-state index in [2.05, 4.69) is 96.0 Å². The normalized spacial score (nSPS) is 10.9. The minimum atomic E-state index is 0.638. The monoisotopic (exact) mass is 615 g/mol. The third kappa shape index (κ3) is 6.00. The fourth-order valence-corrected chi connectivity index (χ4v) is 5.85. The highest BCUT2D eigenvalue weighted by atomic mass is 14.9. The van der Waals surface area contributed by atoms with Crippen molar-refractivity contribution in [1.82, 2.24) is 24.9 Å². The van der Waals surface area contributed by atoms with Crippen molar-refractivity contribution in [1.29, 1.82) is 0 Å². The van der Waals surface area contributed by atoms with Crippen LogP contribution < -0.4 is 0 Å². The molecule has 0 amide bonds. The summed E-state index contributed by atoms with van der Waals surface area (Å²) in [4.78, 5) is 24.9. The fourth-order valence-electron chi connectivity index (χ4n) is 5.85. The Hall–Kier alpha value is -6.59. The van der Waals surface area contributed by atoms with Crippen LogP contribution in [0, 0.1) is 0 Å². The molecule has 4 heterocycles. The van der Waals surface area contributed by atoms with Crippen LogP contribution >= 0.6 is 0 Å². The molecule has 0 aliphatic heterocycles. The Morgan fingerprint density at radius 2 is 0.896 bits per heavy atom. The van der Waals surface area contributed by atoms with E-state index in [0.29, 0.717) is 5.82 Å². The molecule has 226 valence electrons. The number of hydrogen-bond donors (Lipinski definition) is 0. The number of aromatic nitrogens is 5. The Kier molecular flexibility index (Phi) is 7.83. The maximum absolute atomic E-state index is 5.19. The van der Waals surface area contributed by atoms with E-state index in [0.717, 1.165) is 73.1 Å². The van der Waals surface area contributed by atoms with Gasteiger partial charge < -0.3 is 0 Å². The van der Waals surface area contributed by atoms with E-state index in [9.17, 15) is 0 Å². The molecule has 0 unspecified atom stereocenters. The average Bonchev–Trinajstić information content (AvgIpc) is 3.19. The van der Waals surface area contributed by atoms with Crippen LogP contribution in [-0.4, -0.2) is 24.9 Å². The maximum atomic E-state index is 5.19. The summed E-state index contributed by atoms with van der Waals surface area (Å²) >= 11 is 0. The van der Waals surface area contributed by atoms with Crippen LogP contribution in [0.1, 0.15) is 0 Å². The van der Waals surface area contributed by atoms with Gasteiger partial charge in [-0.1, -0.05) is 115 Å². The molecule has 0 fully saturated rings. The van der Waals surface area contributed by atoms with Gasteiger partial charge in [-0.2, -0.15) is 0 Å². The molecule has 8 aromatic rings. The fraction of sp³-hybridized carbons (Fsp3) is 0. The molecule has 0 saturated carbocycles. The number of pyridine rings is 3. The first-order valence-electron chi connectivity index (χ1n) is 15.8. The number of hydrogen-bond acceptors (Lipinski definition) is 5. The van der Waals surface area contributed by atoms with Crippen molar-refractivity contribution >= 4 is 0 Å². The summed E-state index contributed by atoms with van der Waals surface area (Å²) < 4.78 is 0. The van der Waals surface area contributed by atoms with Gasteiger partial charge in [0.15, 0.2) is 5.82 Å². The first kappa shape index (κ1) is 28.9. The zero-order valence-corrected chi connectivity index (χ0v) is 26.0. The lowest BCUT2D eigenvalue weighted by atomic mass is 9.99. The van der Waals surface area contributed by atoms with Gasteiger partial charge in [0.1, 0.15) is 0 Å². The average molecular weight is 616 g/mol. The molecule has 0 radical (unpaired) electrons. The van der Waals surface area contributed by atoms with E-state index in [1.54, 1.807) is 12.4 Å². The minimum Gasteiger partial charge on any atom is -0.255 e. The molecule has 8 rings (SSSR count). The summed E-state index contributed by atoms with van der Waals surface area (Å²) in [5.74, 6) is 0.638. The standard InChI is InChI=1S/C43H29N5/c1-4-14-30(15-5-1)33-20-12-21-34(26-33)43-47-38(32-18-8-3-9-19-32)29-39(48-43)36-22-13-25-45-42(36)41-28-35(31-16-6-2-7-17-31)27-40(46-41)37-23-10-11-24-44-37/h1-29H. The van der Waals surface area contributed by atoms with E-state index in [1.165, 1.54) is 0 Å². The van der Waals surface area contributed by atoms with E-state index in [-0.39, 0.29) is 0 Å². The predicted octanol–water partition coefficient (Wildman–Crippen LogP) is 10.3. The second-order valence-corrected chi connectivity index (χ2v) is 11.4. The van der Waals surface area contributed by atoms with Gasteiger partial charge in [-0.05, 0) is 70.8 Å². The van der Waals surface area contributed by atoms with E-state index in [4.69, 9.17) is 19.9 Å². The second kappa shape index (κ2) is 13.0. The Labute approximate surface area is 279 Å². The van der Waals surface area contributed by atoms with E-state index < -0.39 is 0 Å². The van der Waals surface area contributed by atoms with Gasteiger partial charge in [-0.15, -0.1) is 0 Å². The zero-order valence-electron chi connectivity index (χ0n) is 26.0. The minimum absolute atomic E-state index is 0.638. The first-order chi connectivity index (χ1) is 23.8. The molecule has 4 aromatic heterocycles. The van der Waals surface area contributed by atoms with Gasteiger partial charge in [0.25, 0.3) is 0 Å².